The molecule has 2 fully saturated rings. The lowest BCUT2D eigenvalue weighted by Crippen LogP contribution is -2.61. The van der Waals surface area contributed by atoms with E-state index in [4.69, 9.17) is 28.4 Å². The molecule has 2 heterocycles. The third-order valence-electron chi connectivity index (χ3n) is 13.9. The first-order chi connectivity index (χ1) is 35.5. The maximum atomic E-state index is 13.1. The van der Waals surface area contributed by atoms with E-state index in [2.05, 4.69) is 50.3 Å². The molecule has 0 amide bonds. The van der Waals surface area contributed by atoms with Gasteiger partial charge in [-0.1, -0.05) is 204 Å². The summed E-state index contributed by atoms with van der Waals surface area (Å²) in [5, 5.41) is 72.3. The number of aliphatic hydroxyl groups excluding tert-OH is 7. The van der Waals surface area contributed by atoms with E-state index in [1.54, 1.807) is 0 Å². The number of aliphatic hydroxyl groups is 7. The van der Waals surface area contributed by atoms with Crippen molar-refractivity contribution in [1.82, 2.24) is 0 Å². The normalized spacial score (nSPS) is 25.1. The number of hydrogen-bond acceptors (Lipinski definition) is 15. The number of esters is 2. The first-order valence-electron chi connectivity index (χ1n) is 29.1. The molecule has 7 N–H and O–H groups in total. The molecule has 15 nitrogen and oxygen atoms in total. The number of carbonyl (C=O) groups is 2. The molecule has 0 radical (unpaired) electrons. The fourth-order valence-corrected chi connectivity index (χ4v) is 9.17. The minimum Gasteiger partial charge on any atom is -0.462 e. The second kappa shape index (κ2) is 44.8. The first-order valence-corrected chi connectivity index (χ1v) is 29.1. The van der Waals surface area contributed by atoms with E-state index >= 15 is 0 Å². The van der Waals surface area contributed by atoms with Crippen LogP contribution < -0.4 is 0 Å². The highest BCUT2D eigenvalue weighted by molar-refractivity contribution is 5.70. The molecule has 2 aliphatic heterocycles. The van der Waals surface area contributed by atoms with Gasteiger partial charge < -0.3 is 64.2 Å². The molecule has 0 aromatic carbocycles. The van der Waals surface area contributed by atoms with Crippen molar-refractivity contribution >= 4 is 11.9 Å². The fraction of sp³-hybridized carbons (Fsp3) is 0.862. The van der Waals surface area contributed by atoms with Gasteiger partial charge in [-0.2, -0.15) is 0 Å². The predicted molar refractivity (Wildman–Crippen MR) is 284 cm³/mol. The van der Waals surface area contributed by atoms with Gasteiger partial charge in [0.25, 0.3) is 0 Å². The van der Waals surface area contributed by atoms with Gasteiger partial charge in [0, 0.05) is 12.8 Å². The quantitative estimate of drug-likeness (QED) is 0.0171. The van der Waals surface area contributed by atoms with Crippen LogP contribution in [0.4, 0.5) is 0 Å². The topological polar surface area (TPSA) is 231 Å². The molecule has 426 valence electrons. The van der Waals surface area contributed by atoms with E-state index in [-0.39, 0.29) is 26.1 Å². The first kappa shape index (κ1) is 66.8. The van der Waals surface area contributed by atoms with Crippen molar-refractivity contribution in [3.05, 3.63) is 36.5 Å². The van der Waals surface area contributed by atoms with Gasteiger partial charge in [0.1, 0.15) is 55.4 Å². The van der Waals surface area contributed by atoms with Crippen molar-refractivity contribution < 1.29 is 73.8 Å². The largest absolute Gasteiger partial charge is 0.462 e. The van der Waals surface area contributed by atoms with Crippen LogP contribution in [0.15, 0.2) is 36.5 Å². The Morgan fingerprint density at radius 2 is 0.863 bits per heavy atom. The lowest BCUT2D eigenvalue weighted by atomic mass is 9.98. The summed E-state index contributed by atoms with van der Waals surface area (Å²) < 4.78 is 33.7. The second-order valence-corrected chi connectivity index (χ2v) is 20.4. The molecule has 0 bridgehead atoms. The Labute approximate surface area is 440 Å². The van der Waals surface area contributed by atoms with E-state index in [1.165, 1.54) is 103 Å². The van der Waals surface area contributed by atoms with Crippen LogP contribution in [0.1, 0.15) is 226 Å². The van der Waals surface area contributed by atoms with Gasteiger partial charge in [-0.15, -0.1) is 0 Å². The number of hydrogen-bond donors (Lipinski definition) is 7. The standard InChI is InChI=1S/C58H104O15/c1-3-5-7-9-11-13-15-17-19-21-22-23-25-26-28-30-32-34-36-38-40-49(60)68-43-46(71-50(61)41-39-37-35-33-31-29-27-24-20-18-16-14-12-10-8-6-4-2)44-69-57-56(67)54(65)52(63)48(73-57)45-70-58-55(66)53(64)51(62)47(42-59)72-58/h6,8,12,14,18,20,46-48,51-59,62-67H,3-5,7,9-11,13,15-17,19,21-45H2,1-2H3/b8-6-,14-12-,20-18-. The lowest BCUT2D eigenvalue weighted by Gasteiger charge is -2.42. The molecular weight excluding hydrogens is 937 g/mol. The molecule has 0 aromatic rings. The molecule has 15 heteroatoms. The zero-order chi connectivity index (χ0) is 53.2. The highest BCUT2D eigenvalue weighted by Crippen LogP contribution is 2.27. The molecule has 11 unspecified atom stereocenters. The van der Waals surface area contributed by atoms with Crippen LogP contribution in [0.25, 0.3) is 0 Å². The van der Waals surface area contributed by atoms with Crippen molar-refractivity contribution in [3.8, 4) is 0 Å². The maximum absolute atomic E-state index is 13.1. The predicted octanol–water partition coefficient (Wildman–Crippen LogP) is 9.66. The maximum Gasteiger partial charge on any atom is 0.306 e. The summed E-state index contributed by atoms with van der Waals surface area (Å²) in [5.74, 6) is -0.926. The fourth-order valence-electron chi connectivity index (χ4n) is 9.17. The molecule has 2 saturated heterocycles. The summed E-state index contributed by atoms with van der Waals surface area (Å²) in [5.41, 5.74) is 0. The van der Waals surface area contributed by atoms with E-state index < -0.39 is 92.7 Å². The van der Waals surface area contributed by atoms with Crippen molar-refractivity contribution in [2.24, 2.45) is 0 Å². The third-order valence-corrected chi connectivity index (χ3v) is 13.9. The van der Waals surface area contributed by atoms with E-state index in [9.17, 15) is 45.3 Å². The zero-order valence-corrected chi connectivity index (χ0v) is 45.4. The van der Waals surface area contributed by atoms with Crippen LogP contribution in [0.5, 0.6) is 0 Å². The minimum absolute atomic E-state index is 0.156. The van der Waals surface area contributed by atoms with E-state index in [0.29, 0.717) is 12.8 Å². The average molecular weight is 1040 g/mol. The summed E-state index contributed by atoms with van der Waals surface area (Å²) in [6, 6.07) is 0. The van der Waals surface area contributed by atoms with E-state index in [0.717, 1.165) is 83.5 Å². The van der Waals surface area contributed by atoms with Gasteiger partial charge >= 0.3 is 11.9 Å². The summed E-state index contributed by atoms with van der Waals surface area (Å²) in [7, 11) is 0. The number of unbranched alkanes of at least 4 members (excludes halogenated alkanes) is 26. The molecule has 0 aliphatic carbocycles. The Morgan fingerprint density at radius 1 is 0.452 bits per heavy atom. The molecular formula is C58H104O15. The van der Waals surface area contributed by atoms with E-state index in [1.807, 2.05) is 0 Å². The van der Waals surface area contributed by atoms with Crippen molar-refractivity contribution in [1.29, 1.82) is 0 Å². The minimum atomic E-state index is -1.77. The Hall–Kier alpha value is -2.28. The summed E-state index contributed by atoms with van der Waals surface area (Å²) in [6.45, 7) is 2.51. The number of rotatable bonds is 46. The molecule has 0 saturated carbocycles. The summed E-state index contributed by atoms with van der Waals surface area (Å²) in [6.07, 6.45) is 33.1. The highest BCUT2D eigenvalue weighted by atomic mass is 16.7. The smallest absolute Gasteiger partial charge is 0.306 e. The van der Waals surface area contributed by atoms with Crippen molar-refractivity contribution in [3.63, 3.8) is 0 Å². The van der Waals surface area contributed by atoms with Gasteiger partial charge in [0.15, 0.2) is 18.7 Å². The van der Waals surface area contributed by atoms with Crippen LogP contribution in [-0.4, -0.2) is 142 Å². The van der Waals surface area contributed by atoms with Gasteiger partial charge in [-0.05, 0) is 44.9 Å². The van der Waals surface area contributed by atoms with Crippen LogP contribution in [0.3, 0.4) is 0 Å². The van der Waals surface area contributed by atoms with Gasteiger partial charge in [0.05, 0.1) is 19.8 Å². The molecule has 2 rings (SSSR count). The van der Waals surface area contributed by atoms with Crippen LogP contribution >= 0.6 is 0 Å². The highest BCUT2D eigenvalue weighted by Gasteiger charge is 2.47. The molecule has 0 aromatic heterocycles. The number of carbonyl (C=O) groups excluding carboxylic acids is 2. The number of ether oxygens (including phenoxy) is 6. The molecule has 11 atom stereocenters. The van der Waals surface area contributed by atoms with Crippen molar-refractivity contribution in [2.75, 3.05) is 26.4 Å². The molecule has 2 aliphatic rings. The van der Waals surface area contributed by atoms with Gasteiger partial charge in [-0.25, -0.2) is 0 Å². The number of allylic oxidation sites excluding steroid dienone is 6. The zero-order valence-electron chi connectivity index (χ0n) is 45.4. The molecule has 73 heavy (non-hydrogen) atoms. The Balaban J connectivity index is 1.75. The summed E-state index contributed by atoms with van der Waals surface area (Å²) >= 11 is 0. The second-order valence-electron chi connectivity index (χ2n) is 20.4. The Morgan fingerprint density at radius 3 is 1.36 bits per heavy atom. The van der Waals surface area contributed by atoms with Crippen molar-refractivity contribution in [2.45, 2.75) is 293 Å². The van der Waals surface area contributed by atoms with Crippen LogP contribution in [0, 0.1) is 0 Å². The average Bonchev–Trinajstić information content (AvgIpc) is 3.38. The van der Waals surface area contributed by atoms with Crippen LogP contribution in [0.2, 0.25) is 0 Å². The SMILES string of the molecule is CC/C=C\C/C=C\C/C=C\CCCCCCCCCC(=O)OC(COC(=O)CCCCCCCCCCCCCCCCCCCCCC)COC1OC(COC2OC(CO)C(O)C(O)C2O)C(O)C(O)C1O. The van der Waals surface area contributed by atoms with Crippen LogP contribution in [-0.2, 0) is 38.0 Å². The molecule has 0 spiro atoms. The Bertz CT molecular complexity index is 1410. The summed E-state index contributed by atoms with van der Waals surface area (Å²) in [4.78, 5) is 25.9. The third kappa shape index (κ3) is 32.2. The lowest BCUT2D eigenvalue weighted by molar-refractivity contribution is -0.332. The van der Waals surface area contributed by atoms with Gasteiger partial charge in [-0.3, -0.25) is 9.59 Å². The monoisotopic (exact) mass is 1040 g/mol. The van der Waals surface area contributed by atoms with Gasteiger partial charge in [0.2, 0.25) is 0 Å². The Kier molecular flexibility index (Phi) is 41.0.